The molecular formula is C58H35NO2. The topological polar surface area (TPSA) is 31.2 Å². The number of fused-ring (bicyclic) bond motifs is 10. The van der Waals surface area contributed by atoms with Gasteiger partial charge in [-0.15, -0.1) is 0 Å². The zero-order valence-corrected chi connectivity index (χ0v) is 33.0. The van der Waals surface area contributed by atoms with E-state index in [4.69, 9.17) is 8.83 Å². The van der Waals surface area contributed by atoms with Crippen LogP contribution in [0.15, 0.2) is 221 Å². The van der Waals surface area contributed by atoms with Gasteiger partial charge in [-0.3, -0.25) is 0 Å². The fourth-order valence-electron chi connectivity index (χ4n) is 10.1. The van der Waals surface area contributed by atoms with E-state index in [1.165, 1.54) is 54.5 Å². The van der Waals surface area contributed by atoms with Gasteiger partial charge in [-0.25, -0.2) is 0 Å². The van der Waals surface area contributed by atoms with Crippen LogP contribution in [-0.4, -0.2) is 4.57 Å². The molecule has 3 aromatic heterocycles. The van der Waals surface area contributed by atoms with Gasteiger partial charge in [-0.05, 0) is 74.6 Å². The molecule has 0 saturated heterocycles. The Bertz CT molecular complexity index is 3800. The molecule has 0 radical (unpaired) electrons. The molecule has 0 atom stereocenters. The molecule has 10 aromatic carbocycles. The van der Waals surface area contributed by atoms with Crippen molar-refractivity contribution in [3.63, 3.8) is 0 Å². The summed E-state index contributed by atoms with van der Waals surface area (Å²) in [6, 6.07) is 75.9. The third-order valence-electron chi connectivity index (χ3n) is 12.6. The minimum Gasteiger partial charge on any atom is -0.455 e. The zero-order valence-electron chi connectivity index (χ0n) is 33.0. The average molecular weight is 778 g/mol. The van der Waals surface area contributed by atoms with Crippen LogP contribution < -0.4 is 0 Å². The number of nitrogens with zero attached hydrogens (tertiary/aromatic N) is 1. The highest BCUT2D eigenvalue weighted by molar-refractivity contribution is 6.30. The Kier molecular flexibility index (Phi) is 7.31. The number of hydrogen-bond acceptors (Lipinski definition) is 2. The third kappa shape index (κ3) is 4.92. The molecule has 0 aliphatic carbocycles. The lowest BCUT2D eigenvalue weighted by molar-refractivity contribution is 0.632. The summed E-state index contributed by atoms with van der Waals surface area (Å²) in [7, 11) is 0. The van der Waals surface area contributed by atoms with Gasteiger partial charge in [0.05, 0.1) is 11.0 Å². The van der Waals surface area contributed by atoms with Crippen molar-refractivity contribution in [2.45, 2.75) is 0 Å². The molecule has 13 aromatic rings. The molecule has 284 valence electrons. The maximum Gasteiger partial charge on any atom is 0.143 e. The van der Waals surface area contributed by atoms with Crippen LogP contribution in [0.5, 0.6) is 0 Å². The number of furan rings is 2. The standard InChI is InChI=1S/C58H35NO2/c1-4-18-36(19-5-1)51-56-50(60-57(51)37-20-6-2-7-21-37)35-34-49-55(56)46-31-16-30-45(58(46)61-49)53-41-26-12-10-24-39(41)52(40-25-11-13-27-42(40)53)44-29-17-33-48-54(44)43-28-14-15-32-47(43)59(48)38-22-8-3-9-23-38/h1-35H. The first-order chi connectivity index (χ1) is 30.3. The van der Waals surface area contributed by atoms with Gasteiger partial charge >= 0.3 is 0 Å². The average Bonchev–Trinajstić information content (AvgIpc) is 4.02. The fraction of sp³-hybridized carbons (Fsp3) is 0. The van der Waals surface area contributed by atoms with Crippen LogP contribution in [0.4, 0.5) is 0 Å². The Hall–Kier alpha value is -8.14. The van der Waals surface area contributed by atoms with Gasteiger partial charge in [0.2, 0.25) is 0 Å². The third-order valence-corrected chi connectivity index (χ3v) is 12.6. The van der Waals surface area contributed by atoms with Crippen LogP contribution in [0.2, 0.25) is 0 Å². The molecule has 0 saturated carbocycles. The van der Waals surface area contributed by atoms with E-state index in [1.807, 2.05) is 6.07 Å². The van der Waals surface area contributed by atoms with Crippen LogP contribution >= 0.6 is 0 Å². The van der Waals surface area contributed by atoms with Gasteiger partial charge in [0, 0.05) is 54.9 Å². The molecule has 0 bridgehead atoms. The Balaban J connectivity index is 1.12. The predicted molar refractivity (Wildman–Crippen MR) is 255 cm³/mol. The maximum atomic E-state index is 7.07. The van der Waals surface area contributed by atoms with Crippen molar-refractivity contribution in [3.05, 3.63) is 212 Å². The van der Waals surface area contributed by atoms with Gasteiger partial charge in [-0.1, -0.05) is 176 Å². The highest BCUT2D eigenvalue weighted by atomic mass is 16.3. The second-order valence-electron chi connectivity index (χ2n) is 15.9. The molecule has 3 nitrogen and oxygen atoms in total. The van der Waals surface area contributed by atoms with E-state index in [0.29, 0.717) is 0 Å². The number of para-hydroxylation sites is 3. The summed E-state index contributed by atoms with van der Waals surface area (Å²) >= 11 is 0. The molecule has 0 aliphatic rings. The minimum atomic E-state index is 0.833. The number of aromatic nitrogens is 1. The fourth-order valence-corrected chi connectivity index (χ4v) is 10.1. The van der Waals surface area contributed by atoms with Crippen molar-refractivity contribution in [3.8, 4) is 50.4 Å². The van der Waals surface area contributed by atoms with Crippen LogP contribution in [0.25, 0.3) is 127 Å². The number of rotatable bonds is 5. The normalized spacial score (nSPS) is 11.9. The molecular weight excluding hydrogens is 743 g/mol. The summed E-state index contributed by atoms with van der Waals surface area (Å²) < 4.78 is 16.3. The zero-order chi connectivity index (χ0) is 40.0. The van der Waals surface area contributed by atoms with Crippen LogP contribution in [0, 0.1) is 0 Å². The van der Waals surface area contributed by atoms with E-state index in [2.05, 4.69) is 211 Å². The quantitative estimate of drug-likeness (QED) is 0.163. The SMILES string of the molecule is c1ccc(-c2oc3ccc4oc5c(-c6c7ccccc7c(-c7cccc8c7c7ccccc7n8-c7ccccc7)c7ccccc67)cccc5c4c3c2-c2ccccc2)cc1. The Morgan fingerprint density at radius 2 is 0.787 bits per heavy atom. The van der Waals surface area contributed by atoms with Gasteiger partial charge in [0.25, 0.3) is 0 Å². The lowest BCUT2D eigenvalue weighted by Gasteiger charge is -2.18. The molecule has 0 spiro atoms. The Morgan fingerprint density at radius 3 is 1.46 bits per heavy atom. The highest BCUT2D eigenvalue weighted by Gasteiger charge is 2.26. The lowest BCUT2D eigenvalue weighted by atomic mass is 9.84. The Labute approximate surface area is 350 Å². The molecule has 0 unspecified atom stereocenters. The minimum absolute atomic E-state index is 0.833. The number of hydrogen-bond donors (Lipinski definition) is 0. The molecule has 61 heavy (non-hydrogen) atoms. The molecule has 0 aliphatic heterocycles. The summed E-state index contributed by atoms with van der Waals surface area (Å²) in [6.45, 7) is 0. The highest BCUT2D eigenvalue weighted by Crippen LogP contribution is 2.51. The molecule has 3 heteroatoms. The van der Waals surface area contributed by atoms with E-state index in [0.717, 1.165) is 72.2 Å². The summed E-state index contributed by atoms with van der Waals surface area (Å²) in [5, 5.41) is 10.4. The van der Waals surface area contributed by atoms with E-state index in [9.17, 15) is 0 Å². The maximum absolute atomic E-state index is 7.07. The molecule has 0 N–H and O–H groups in total. The van der Waals surface area contributed by atoms with Gasteiger partial charge in [0.1, 0.15) is 22.5 Å². The first-order valence-electron chi connectivity index (χ1n) is 20.9. The van der Waals surface area contributed by atoms with Crippen molar-refractivity contribution >= 4 is 76.3 Å². The van der Waals surface area contributed by atoms with Crippen molar-refractivity contribution in [1.82, 2.24) is 4.57 Å². The molecule has 0 fully saturated rings. The van der Waals surface area contributed by atoms with E-state index < -0.39 is 0 Å². The summed E-state index contributed by atoms with van der Waals surface area (Å²) in [6.07, 6.45) is 0. The van der Waals surface area contributed by atoms with Crippen molar-refractivity contribution in [2.75, 3.05) is 0 Å². The molecule has 0 amide bonds. The van der Waals surface area contributed by atoms with Crippen LogP contribution in [0.3, 0.4) is 0 Å². The van der Waals surface area contributed by atoms with Gasteiger partial charge in [-0.2, -0.15) is 0 Å². The second-order valence-corrected chi connectivity index (χ2v) is 15.9. The van der Waals surface area contributed by atoms with E-state index >= 15 is 0 Å². The first-order valence-corrected chi connectivity index (χ1v) is 20.9. The number of benzene rings is 10. The second kappa shape index (κ2) is 13.2. The largest absolute Gasteiger partial charge is 0.455 e. The smallest absolute Gasteiger partial charge is 0.143 e. The van der Waals surface area contributed by atoms with Gasteiger partial charge < -0.3 is 13.4 Å². The van der Waals surface area contributed by atoms with Crippen molar-refractivity contribution in [1.29, 1.82) is 0 Å². The van der Waals surface area contributed by atoms with Crippen LogP contribution in [0.1, 0.15) is 0 Å². The summed E-state index contributed by atoms with van der Waals surface area (Å²) in [5.41, 5.74) is 13.9. The summed E-state index contributed by atoms with van der Waals surface area (Å²) in [4.78, 5) is 0. The van der Waals surface area contributed by atoms with Gasteiger partial charge in [0.15, 0.2) is 0 Å². The predicted octanol–water partition coefficient (Wildman–Crippen LogP) is 16.4. The van der Waals surface area contributed by atoms with E-state index in [1.54, 1.807) is 0 Å². The van der Waals surface area contributed by atoms with E-state index in [-0.39, 0.29) is 0 Å². The van der Waals surface area contributed by atoms with Crippen LogP contribution in [-0.2, 0) is 0 Å². The first kappa shape index (κ1) is 33.8. The van der Waals surface area contributed by atoms with Crippen molar-refractivity contribution < 1.29 is 8.83 Å². The molecule has 13 rings (SSSR count). The summed E-state index contributed by atoms with van der Waals surface area (Å²) in [5.74, 6) is 0.856. The Morgan fingerprint density at radius 1 is 0.295 bits per heavy atom. The monoisotopic (exact) mass is 777 g/mol. The van der Waals surface area contributed by atoms with Crippen molar-refractivity contribution in [2.24, 2.45) is 0 Å². The molecule has 3 heterocycles. The lowest BCUT2D eigenvalue weighted by Crippen LogP contribution is -1.94.